The molecule has 0 aliphatic carbocycles. The Morgan fingerprint density at radius 3 is 2.68 bits per heavy atom. The lowest BCUT2D eigenvalue weighted by molar-refractivity contribution is -0.385. The Bertz CT molecular complexity index is 934. The van der Waals surface area contributed by atoms with E-state index in [1.807, 2.05) is 0 Å². The number of rotatable bonds is 6. The summed E-state index contributed by atoms with van der Waals surface area (Å²) in [6.45, 7) is 0.253. The van der Waals surface area contributed by atoms with E-state index in [1.54, 1.807) is 0 Å². The molecule has 1 heterocycles. The highest BCUT2D eigenvalue weighted by atomic mass is 19.1. The van der Waals surface area contributed by atoms with Crippen molar-refractivity contribution in [3.8, 4) is 5.75 Å². The fourth-order valence-corrected chi connectivity index (χ4v) is 2.68. The van der Waals surface area contributed by atoms with Crippen molar-refractivity contribution in [2.75, 3.05) is 6.61 Å². The molecule has 0 radical (unpaired) electrons. The fourth-order valence-electron chi connectivity index (χ4n) is 2.68. The second kappa shape index (κ2) is 6.60. The topological polar surface area (TPSA) is 103 Å². The molecule has 1 unspecified atom stereocenters. The maximum absolute atomic E-state index is 13.2. The zero-order chi connectivity index (χ0) is 18.0. The van der Waals surface area contributed by atoms with E-state index < -0.39 is 28.1 Å². The smallest absolute Gasteiger partial charge is 0.314 e. The maximum atomic E-state index is 13.2. The average molecular weight is 345 g/mol. The second-order valence-electron chi connectivity index (χ2n) is 5.32. The van der Waals surface area contributed by atoms with E-state index in [-0.39, 0.29) is 12.2 Å². The number of nitro groups is 1. The monoisotopic (exact) mass is 345 g/mol. The highest BCUT2D eigenvalue weighted by Crippen LogP contribution is 2.38. The summed E-state index contributed by atoms with van der Waals surface area (Å²) in [4.78, 5) is 20.8. The molecule has 8 heteroatoms. The van der Waals surface area contributed by atoms with Gasteiger partial charge in [-0.1, -0.05) is 12.1 Å². The number of aromatic hydroxyl groups is 1. The van der Waals surface area contributed by atoms with Crippen LogP contribution in [0.4, 0.5) is 10.1 Å². The summed E-state index contributed by atoms with van der Waals surface area (Å²) >= 11 is 0. The van der Waals surface area contributed by atoms with Crippen molar-refractivity contribution in [3.63, 3.8) is 0 Å². The molecule has 2 aromatic carbocycles. The molecule has 128 valence electrons. The van der Waals surface area contributed by atoms with Gasteiger partial charge in [-0.25, -0.2) is 4.39 Å². The Balaban J connectivity index is 2.12. The van der Waals surface area contributed by atoms with Gasteiger partial charge in [-0.3, -0.25) is 14.9 Å². The van der Waals surface area contributed by atoms with Crippen molar-refractivity contribution < 1.29 is 28.4 Å². The number of phenolic OH excluding ortho intramolecular Hbond substituents is 1. The van der Waals surface area contributed by atoms with Gasteiger partial charge in [-0.2, -0.15) is 0 Å². The van der Waals surface area contributed by atoms with Crippen LogP contribution in [0, 0.1) is 15.9 Å². The molecule has 0 fully saturated rings. The fraction of sp³-hybridized carbons (Fsp3) is 0.118. The highest BCUT2D eigenvalue weighted by molar-refractivity contribution is 5.86. The number of carbonyl (C=O) groups excluding carboxylic acids is 1. The maximum Gasteiger partial charge on any atom is 0.314 e. The van der Waals surface area contributed by atoms with E-state index in [0.29, 0.717) is 23.0 Å². The van der Waals surface area contributed by atoms with Crippen LogP contribution in [0.25, 0.3) is 11.0 Å². The number of furan rings is 1. The summed E-state index contributed by atoms with van der Waals surface area (Å²) in [6, 6.07) is 7.97. The van der Waals surface area contributed by atoms with Crippen molar-refractivity contribution in [2.45, 2.75) is 5.92 Å². The molecule has 0 amide bonds. The molecule has 0 saturated heterocycles. The van der Waals surface area contributed by atoms with Crippen LogP contribution in [-0.4, -0.2) is 23.1 Å². The molecule has 0 bridgehead atoms. The molecule has 0 aliphatic rings. The average Bonchev–Trinajstić information content (AvgIpc) is 2.98. The van der Waals surface area contributed by atoms with Gasteiger partial charge in [0, 0.05) is 16.9 Å². The first-order valence-corrected chi connectivity index (χ1v) is 7.20. The van der Waals surface area contributed by atoms with Crippen molar-refractivity contribution >= 4 is 23.1 Å². The Labute approximate surface area is 140 Å². The molecule has 0 saturated carbocycles. The van der Waals surface area contributed by atoms with E-state index in [2.05, 4.69) is 0 Å². The first-order chi connectivity index (χ1) is 12.0. The number of carbonyl (C=O) groups is 1. The minimum atomic E-state index is -0.718. The summed E-state index contributed by atoms with van der Waals surface area (Å²) in [7, 11) is 0. The van der Waals surface area contributed by atoms with Crippen molar-refractivity contribution in [1.29, 1.82) is 0 Å². The molecule has 3 rings (SSSR count). The van der Waals surface area contributed by atoms with Crippen LogP contribution < -0.4 is 0 Å². The van der Waals surface area contributed by atoms with Gasteiger partial charge >= 0.3 is 5.69 Å². The molecule has 0 spiro atoms. The van der Waals surface area contributed by atoms with Gasteiger partial charge in [-0.15, -0.1) is 0 Å². The normalized spacial score (nSPS) is 12.0. The lowest BCUT2D eigenvalue weighted by atomic mass is 9.91. The Hall–Kier alpha value is -3.42. The summed E-state index contributed by atoms with van der Waals surface area (Å²) < 4.78 is 23.4. The summed E-state index contributed by atoms with van der Waals surface area (Å²) in [5.74, 6) is -1.41. The van der Waals surface area contributed by atoms with E-state index >= 15 is 0 Å². The Morgan fingerprint density at radius 2 is 2.04 bits per heavy atom. The van der Waals surface area contributed by atoms with Crippen LogP contribution in [0.15, 0.2) is 47.1 Å². The lowest BCUT2D eigenvalue weighted by Gasteiger charge is -2.15. The van der Waals surface area contributed by atoms with Crippen LogP contribution >= 0.6 is 0 Å². The van der Waals surface area contributed by atoms with Crippen LogP contribution in [-0.2, 0) is 9.53 Å². The molecule has 25 heavy (non-hydrogen) atoms. The number of nitrogens with zero attached hydrogens (tertiary/aromatic N) is 1. The third kappa shape index (κ3) is 3.14. The third-order valence-electron chi connectivity index (χ3n) is 3.88. The summed E-state index contributed by atoms with van der Waals surface area (Å²) in [6.07, 6.45) is 1.37. The lowest BCUT2D eigenvalue weighted by Crippen LogP contribution is -2.09. The van der Waals surface area contributed by atoms with Gasteiger partial charge < -0.3 is 14.3 Å². The zero-order valence-electron chi connectivity index (χ0n) is 12.7. The number of hydrogen-bond donors (Lipinski definition) is 1. The quantitative estimate of drug-likeness (QED) is 0.417. The molecule has 7 nitrogen and oxygen atoms in total. The van der Waals surface area contributed by atoms with E-state index in [1.165, 1.54) is 36.6 Å². The Morgan fingerprint density at radius 1 is 1.32 bits per heavy atom. The minimum absolute atomic E-state index is 0.0402. The van der Waals surface area contributed by atoms with Gasteiger partial charge in [0.15, 0.2) is 5.75 Å². The molecular weight excluding hydrogens is 333 g/mol. The molecule has 1 atom stereocenters. The number of hydrogen-bond acceptors (Lipinski definition) is 6. The SMILES string of the molecule is O=COCC(c1ccc(F)cc1)c1coc2cc([N+](=O)[O-])c(O)cc12. The van der Waals surface area contributed by atoms with Crippen LogP contribution in [0.1, 0.15) is 17.0 Å². The first kappa shape index (κ1) is 16.4. The Kier molecular flexibility index (Phi) is 4.34. The van der Waals surface area contributed by atoms with Gasteiger partial charge in [-0.05, 0) is 23.8 Å². The number of halogens is 1. The summed E-state index contributed by atoms with van der Waals surface area (Å²) in [5.41, 5.74) is 0.936. The number of benzene rings is 2. The van der Waals surface area contributed by atoms with Gasteiger partial charge in [0.25, 0.3) is 6.47 Å². The predicted molar refractivity (Wildman–Crippen MR) is 84.8 cm³/mol. The van der Waals surface area contributed by atoms with Crippen molar-refractivity contribution in [2.24, 2.45) is 0 Å². The number of phenols is 1. The minimum Gasteiger partial charge on any atom is -0.502 e. The molecule has 1 N–H and O–H groups in total. The van der Waals surface area contributed by atoms with Gasteiger partial charge in [0.1, 0.15) is 18.0 Å². The van der Waals surface area contributed by atoms with Crippen LogP contribution in [0.2, 0.25) is 0 Å². The van der Waals surface area contributed by atoms with Crippen molar-refractivity contribution in [1.82, 2.24) is 0 Å². The van der Waals surface area contributed by atoms with E-state index in [0.717, 1.165) is 6.07 Å². The van der Waals surface area contributed by atoms with Crippen LogP contribution in [0.5, 0.6) is 5.75 Å². The van der Waals surface area contributed by atoms with E-state index in [9.17, 15) is 24.4 Å². The van der Waals surface area contributed by atoms with E-state index in [4.69, 9.17) is 9.15 Å². The molecule has 0 aliphatic heterocycles. The third-order valence-corrected chi connectivity index (χ3v) is 3.88. The molecule has 1 aromatic heterocycles. The largest absolute Gasteiger partial charge is 0.502 e. The molecular formula is C17H12FNO6. The summed E-state index contributed by atoms with van der Waals surface area (Å²) in [5, 5.41) is 21.2. The number of ether oxygens (including phenoxy) is 1. The predicted octanol–water partition coefficient (Wildman–Crippen LogP) is 3.49. The first-order valence-electron chi connectivity index (χ1n) is 7.20. The van der Waals surface area contributed by atoms with Crippen molar-refractivity contribution in [3.05, 3.63) is 69.7 Å². The highest BCUT2D eigenvalue weighted by Gasteiger charge is 2.24. The van der Waals surface area contributed by atoms with Crippen LogP contribution in [0.3, 0.4) is 0 Å². The molecule has 3 aromatic rings. The number of nitro benzene ring substituents is 1. The standard InChI is InChI=1S/C17H12FNO6/c18-11-3-1-10(2-4-11)13(7-24-9-20)14-8-25-17-6-15(19(22)23)16(21)5-12(14)17/h1-6,8-9,13,21H,7H2. The zero-order valence-corrected chi connectivity index (χ0v) is 12.7. The van der Waals surface area contributed by atoms with Gasteiger partial charge in [0.2, 0.25) is 0 Å². The van der Waals surface area contributed by atoms with Gasteiger partial charge in [0.05, 0.1) is 17.3 Å². The second-order valence-corrected chi connectivity index (χ2v) is 5.32. The number of fused-ring (bicyclic) bond motifs is 1.